The maximum absolute atomic E-state index is 6.26. The van der Waals surface area contributed by atoms with Crippen LogP contribution in [0.1, 0.15) is 34.3 Å². The first-order chi connectivity index (χ1) is 9.43. The first kappa shape index (κ1) is 15.4. The molecule has 1 heterocycles. The van der Waals surface area contributed by atoms with Crippen molar-refractivity contribution in [3.8, 4) is 0 Å². The van der Waals surface area contributed by atoms with E-state index < -0.39 is 0 Å². The summed E-state index contributed by atoms with van der Waals surface area (Å²) in [5.41, 5.74) is 3.44. The topological polar surface area (TPSA) is 25.2 Å². The average Bonchev–Trinajstić information content (AvgIpc) is 2.65. The van der Waals surface area contributed by atoms with Crippen molar-refractivity contribution >= 4 is 23.2 Å². The molecule has 0 saturated carbocycles. The van der Waals surface area contributed by atoms with Gasteiger partial charge in [0.15, 0.2) is 0 Å². The monoisotopic (exact) mass is 311 g/mol. The third kappa shape index (κ3) is 3.03. The van der Waals surface area contributed by atoms with Crippen LogP contribution in [0.3, 0.4) is 0 Å². The summed E-state index contributed by atoms with van der Waals surface area (Å²) >= 11 is 12.3. The van der Waals surface area contributed by atoms with Crippen LogP contribution in [0.25, 0.3) is 0 Å². The van der Waals surface area contributed by atoms with Crippen LogP contribution in [-0.4, -0.2) is 7.05 Å². The van der Waals surface area contributed by atoms with Crippen molar-refractivity contribution in [1.82, 2.24) is 5.32 Å². The van der Waals surface area contributed by atoms with Crippen molar-refractivity contribution in [3.63, 3.8) is 0 Å². The molecule has 0 spiro atoms. The Bertz CT molecular complexity index is 619. The van der Waals surface area contributed by atoms with Crippen LogP contribution in [0.2, 0.25) is 10.0 Å². The minimum atomic E-state index is 0.156. The Morgan fingerprint density at radius 1 is 1.15 bits per heavy atom. The summed E-state index contributed by atoms with van der Waals surface area (Å²) in [6.45, 7) is 6.08. The van der Waals surface area contributed by atoms with Gasteiger partial charge < -0.3 is 9.73 Å². The molecule has 2 aromatic rings. The third-order valence-electron chi connectivity index (χ3n) is 3.75. The molecule has 2 nitrogen and oxygen atoms in total. The smallest absolute Gasteiger partial charge is 0.106 e. The summed E-state index contributed by atoms with van der Waals surface area (Å²) in [5, 5.41) is 4.79. The number of halogens is 2. The SMILES string of the molecule is CNC(Cc1cc(Cl)ccc1Cl)c1c(C)oc(C)c1C. The Morgan fingerprint density at radius 2 is 1.85 bits per heavy atom. The van der Waals surface area contributed by atoms with E-state index in [2.05, 4.69) is 12.2 Å². The molecule has 0 amide bonds. The number of aryl methyl sites for hydroxylation is 2. The molecule has 0 bridgehead atoms. The molecule has 1 N–H and O–H groups in total. The summed E-state index contributed by atoms with van der Waals surface area (Å²) in [7, 11) is 1.95. The van der Waals surface area contributed by atoms with E-state index in [1.165, 1.54) is 11.1 Å². The van der Waals surface area contributed by atoms with E-state index in [0.717, 1.165) is 28.5 Å². The second-order valence-electron chi connectivity index (χ2n) is 5.03. The van der Waals surface area contributed by atoms with E-state index in [1.807, 2.05) is 33.0 Å². The number of furan rings is 1. The number of likely N-dealkylation sites (N-methyl/N-ethyl adjacent to an activating group) is 1. The van der Waals surface area contributed by atoms with Crippen molar-refractivity contribution in [2.24, 2.45) is 0 Å². The molecule has 108 valence electrons. The predicted molar refractivity (Wildman–Crippen MR) is 84.9 cm³/mol. The lowest BCUT2D eigenvalue weighted by Crippen LogP contribution is -2.20. The van der Waals surface area contributed by atoms with Gasteiger partial charge in [0.1, 0.15) is 11.5 Å². The zero-order valence-corrected chi connectivity index (χ0v) is 13.7. The van der Waals surface area contributed by atoms with Crippen molar-refractivity contribution < 1.29 is 4.42 Å². The summed E-state index contributed by atoms with van der Waals surface area (Å²) in [6.07, 6.45) is 0.774. The Labute approximate surface area is 130 Å². The standard InChI is InChI=1S/C16H19Cl2NO/c1-9-10(2)20-11(3)16(9)15(19-4)8-12-7-13(17)5-6-14(12)18/h5-7,15,19H,8H2,1-4H3. The van der Waals surface area contributed by atoms with Crippen LogP contribution in [-0.2, 0) is 6.42 Å². The van der Waals surface area contributed by atoms with Gasteiger partial charge in [0.2, 0.25) is 0 Å². The molecule has 2 rings (SSSR count). The van der Waals surface area contributed by atoms with Crippen molar-refractivity contribution in [2.75, 3.05) is 7.05 Å². The van der Waals surface area contributed by atoms with Crippen LogP contribution < -0.4 is 5.32 Å². The zero-order chi connectivity index (χ0) is 14.9. The van der Waals surface area contributed by atoms with E-state index in [4.69, 9.17) is 27.6 Å². The second kappa shape index (κ2) is 6.21. The quantitative estimate of drug-likeness (QED) is 0.858. The molecule has 0 aliphatic carbocycles. The van der Waals surface area contributed by atoms with Crippen molar-refractivity contribution in [3.05, 3.63) is 56.5 Å². The predicted octanol–water partition coefficient (Wildman–Crippen LogP) is 5.01. The van der Waals surface area contributed by atoms with Gasteiger partial charge in [-0.3, -0.25) is 0 Å². The van der Waals surface area contributed by atoms with Gasteiger partial charge in [-0.1, -0.05) is 23.2 Å². The fraction of sp³-hybridized carbons (Fsp3) is 0.375. The van der Waals surface area contributed by atoms with E-state index in [9.17, 15) is 0 Å². The first-order valence-electron chi connectivity index (χ1n) is 6.61. The highest BCUT2D eigenvalue weighted by atomic mass is 35.5. The van der Waals surface area contributed by atoms with Gasteiger partial charge in [-0.15, -0.1) is 0 Å². The Balaban J connectivity index is 2.36. The van der Waals surface area contributed by atoms with E-state index in [1.54, 1.807) is 6.07 Å². The van der Waals surface area contributed by atoms with Crippen LogP contribution in [0, 0.1) is 20.8 Å². The minimum absolute atomic E-state index is 0.156. The van der Waals surface area contributed by atoms with E-state index in [-0.39, 0.29) is 6.04 Å². The van der Waals surface area contributed by atoms with Gasteiger partial charge >= 0.3 is 0 Å². The maximum atomic E-state index is 6.26. The molecular weight excluding hydrogens is 293 g/mol. The summed E-state index contributed by atoms with van der Waals surface area (Å²) < 4.78 is 5.72. The molecule has 0 aliphatic rings. The lowest BCUT2D eigenvalue weighted by molar-refractivity contribution is 0.489. The molecule has 1 aromatic carbocycles. The highest BCUT2D eigenvalue weighted by Crippen LogP contribution is 2.31. The van der Waals surface area contributed by atoms with E-state index >= 15 is 0 Å². The number of rotatable bonds is 4. The third-order valence-corrected chi connectivity index (χ3v) is 4.35. The molecule has 0 fully saturated rings. The molecule has 0 radical (unpaired) electrons. The summed E-state index contributed by atoms with van der Waals surface area (Å²) in [6, 6.07) is 5.72. The Morgan fingerprint density at radius 3 is 2.40 bits per heavy atom. The number of nitrogens with one attached hydrogen (secondary N) is 1. The largest absolute Gasteiger partial charge is 0.466 e. The highest BCUT2D eigenvalue weighted by Gasteiger charge is 2.21. The second-order valence-corrected chi connectivity index (χ2v) is 5.88. The van der Waals surface area contributed by atoms with Gasteiger partial charge in [-0.2, -0.15) is 0 Å². The van der Waals surface area contributed by atoms with Crippen LogP contribution in [0.15, 0.2) is 22.6 Å². The zero-order valence-electron chi connectivity index (χ0n) is 12.2. The lowest BCUT2D eigenvalue weighted by Gasteiger charge is -2.18. The molecule has 0 saturated heterocycles. The summed E-state index contributed by atoms with van der Waals surface area (Å²) in [5.74, 6) is 1.92. The van der Waals surface area contributed by atoms with Gasteiger partial charge in [0.25, 0.3) is 0 Å². The fourth-order valence-corrected chi connectivity index (χ4v) is 2.98. The van der Waals surface area contributed by atoms with Crippen LogP contribution >= 0.6 is 23.2 Å². The maximum Gasteiger partial charge on any atom is 0.106 e. The van der Waals surface area contributed by atoms with Gasteiger partial charge in [0.05, 0.1) is 0 Å². The normalized spacial score (nSPS) is 12.7. The molecule has 1 unspecified atom stereocenters. The molecule has 1 aromatic heterocycles. The average molecular weight is 312 g/mol. The number of hydrogen-bond donors (Lipinski definition) is 1. The molecule has 0 aliphatic heterocycles. The number of benzene rings is 1. The van der Waals surface area contributed by atoms with Crippen LogP contribution in [0.5, 0.6) is 0 Å². The van der Waals surface area contributed by atoms with Gasteiger partial charge in [0, 0.05) is 21.7 Å². The molecule has 1 atom stereocenters. The lowest BCUT2D eigenvalue weighted by atomic mass is 9.96. The molecule has 4 heteroatoms. The number of hydrogen-bond acceptors (Lipinski definition) is 2. The minimum Gasteiger partial charge on any atom is -0.466 e. The van der Waals surface area contributed by atoms with Crippen LogP contribution in [0.4, 0.5) is 0 Å². The van der Waals surface area contributed by atoms with Crippen molar-refractivity contribution in [1.29, 1.82) is 0 Å². The highest BCUT2D eigenvalue weighted by molar-refractivity contribution is 6.33. The Hall–Kier alpha value is -0.960. The van der Waals surface area contributed by atoms with Crippen molar-refractivity contribution in [2.45, 2.75) is 33.2 Å². The van der Waals surface area contributed by atoms with Gasteiger partial charge in [-0.05, 0) is 63.6 Å². The molecular formula is C16H19Cl2NO. The Kier molecular flexibility index (Phi) is 4.79. The first-order valence-corrected chi connectivity index (χ1v) is 7.37. The van der Waals surface area contributed by atoms with E-state index in [0.29, 0.717) is 5.02 Å². The fourth-order valence-electron chi connectivity index (χ4n) is 2.59. The molecule has 20 heavy (non-hydrogen) atoms. The van der Waals surface area contributed by atoms with Gasteiger partial charge in [-0.25, -0.2) is 0 Å². The summed E-state index contributed by atoms with van der Waals surface area (Å²) in [4.78, 5) is 0.